The van der Waals surface area contributed by atoms with E-state index in [0.29, 0.717) is 6.42 Å². The van der Waals surface area contributed by atoms with Gasteiger partial charge in [0, 0.05) is 6.42 Å². The molecule has 0 amide bonds. The van der Waals surface area contributed by atoms with Crippen LogP contribution in [-0.4, -0.2) is 36.6 Å². The Morgan fingerprint density at radius 1 is 1.27 bits per heavy atom. The number of carbonyl (C=O) groups is 2. The normalized spacial score (nSPS) is 13.2. The van der Waals surface area contributed by atoms with E-state index in [9.17, 15) is 9.59 Å². The number of rotatable bonds is 4. The average Bonchev–Trinajstić information content (AvgIpc) is 1.81. The lowest BCUT2D eigenvalue weighted by atomic mass is 10.1. The van der Waals surface area contributed by atoms with Gasteiger partial charge in [-0.2, -0.15) is 0 Å². The van der Waals surface area contributed by atoms with Crippen LogP contribution < -0.4 is 0 Å². The second kappa shape index (κ2) is 4.23. The first-order chi connectivity index (χ1) is 4.95. The summed E-state index contributed by atoms with van der Waals surface area (Å²) in [6.07, 6.45) is 0.322. The van der Waals surface area contributed by atoms with Crippen LogP contribution in [-0.2, 0) is 9.59 Å². The Labute approximate surface area is 67.4 Å². The largest absolute Gasteiger partial charge is 0.300 e. The fourth-order valence-electron chi connectivity index (χ4n) is 0.962. The molecule has 0 saturated heterocycles. The molecule has 0 aliphatic rings. The van der Waals surface area contributed by atoms with Gasteiger partial charge in [-0.25, -0.2) is 0 Å². The number of ketones is 2. The van der Waals surface area contributed by atoms with Crippen LogP contribution in [0, 0.1) is 0 Å². The Balaban J connectivity index is 4.12. The van der Waals surface area contributed by atoms with E-state index in [0.717, 1.165) is 0 Å². The highest BCUT2D eigenvalue weighted by Gasteiger charge is 2.17. The molecule has 0 spiro atoms. The van der Waals surface area contributed by atoms with Crippen LogP contribution in [0.2, 0.25) is 0 Å². The predicted molar refractivity (Wildman–Crippen MR) is 43.5 cm³/mol. The number of carbonyl (C=O) groups excluding carboxylic acids is 2. The Bertz CT molecular complexity index is 163. The van der Waals surface area contributed by atoms with E-state index >= 15 is 0 Å². The van der Waals surface area contributed by atoms with Gasteiger partial charge in [-0.1, -0.05) is 0 Å². The topological polar surface area (TPSA) is 37.4 Å². The molecule has 0 aliphatic heterocycles. The zero-order chi connectivity index (χ0) is 9.02. The minimum absolute atomic E-state index is 0.0465. The van der Waals surface area contributed by atoms with Crippen LogP contribution in [0.1, 0.15) is 20.3 Å². The van der Waals surface area contributed by atoms with Crippen LogP contribution >= 0.6 is 0 Å². The summed E-state index contributed by atoms with van der Waals surface area (Å²) in [5.74, 6) is 0.101. The molecule has 0 aliphatic carbocycles. The molecule has 0 fully saturated rings. The standard InChI is InChI=1S/C8H15NO2/c1-6(10)5-8(7(2)11)9(3)4/h8H,5H2,1-4H3/t8-/m0/s1. The second-order valence-corrected chi connectivity index (χ2v) is 3.00. The average molecular weight is 157 g/mol. The number of nitrogens with zero attached hydrogens (tertiary/aromatic N) is 1. The number of likely N-dealkylation sites (N-methyl/N-ethyl adjacent to an activating group) is 1. The summed E-state index contributed by atoms with van der Waals surface area (Å²) in [5.41, 5.74) is 0. The molecule has 3 nitrogen and oxygen atoms in total. The third-order valence-corrected chi connectivity index (χ3v) is 1.57. The summed E-state index contributed by atoms with van der Waals surface area (Å²) in [6, 6.07) is -0.243. The monoisotopic (exact) mass is 157 g/mol. The molecule has 0 aromatic heterocycles. The van der Waals surface area contributed by atoms with Gasteiger partial charge < -0.3 is 0 Å². The fourth-order valence-corrected chi connectivity index (χ4v) is 0.962. The quantitative estimate of drug-likeness (QED) is 0.596. The number of hydrogen-bond donors (Lipinski definition) is 0. The lowest BCUT2D eigenvalue weighted by Gasteiger charge is -2.19. The highest BCUT2D eigenvalue weighted by atomic mass is 16.1. The summed E-state index contributed by atoms with van der Waals surface area (Å²) in [5, 5.41) is 0. The summed E-state index contributed by atoms with van der Waals surface area (Å²) < 4.78 is 0. The molecular formula is C8H15NO2. The molecule has 0 unspecified atom stereocenters. The van der Waals surface area contributed by atoms with Gasteiger partial charge in [0.05, 0.1) is 6.04 Å². The maximum atomic E-state index is 10.9. The highest BCUT2D eigenvalue weighted by molar-refractivity contribution is 5.87. The molecule has 0 N–H and O–H groups in total. The lowest BCUT2D eigenvalue weighted by molar-refractivity contribution is -0.126. The molecule has 0 aromatic carbocycles. The van der Waals surface area contributed by atoms with E-state index < -0.39 is 0 Å². The van der Waals surface area contributed by atoms with Gasteiger partial charge in [-0.15, -0.1) is 0 Å². The first-order valence-corrected chi connectivity index (χ1v) is 3.61. The van der Waals surface area contributed by atoms with Gasteiger partial charge >= 0.3 is 0 Å². The summed E-state index contributed by atoms with van der Waals surface area (Å²) in [7, 11) is 3.60. The van der Waals surface area contributed by atoms with Crippen molar-refractivity contribution in [2.24, 2.45) is 0 Å². The molecule has 0 saturated carbocycles. The predicted octanol–water partition coefficient (Wildman–Crippen LogP) is 0.485. The van der Waals surface area contributed by atoms with Crippen LogP contribution in [0.25, 0.3) is 0 Å². The van der Waals surface area contributed by atoms with Crippen LogP contribution in [0.3, 0.4) is 0 Å². The second-order valence-electron chi connectivity index (χ2n) is 3.00. The molecule has 0 bridgehead atoms. The maximum Gasteiger partial charge on any atom is 0.147 e. The highest BCUT2D eigenvalue weighted by Crippen LogP contribution is 2.01. The van der Waals surface area contributed by atoms with Crippen molar-refractivity contribution in [3.63, 3.8) is 0 Å². The van der Waals surface area contributed by atoms with Crippen molar-refractivity contribution in [2.45, 2.75) is 26.3 Å². The van der Waals surface area contributed by atoms with Crippen LogP contribution in [0.5, 0.6) is 0 Å². The number of hydrogen-bond acceptors (Lipinski definition) is 3. The van der Waals surface area contributed by atoms with Crippen LogP contribution in [0.4, 0.5) is 0 Å². The first-order valence-electron chi connectivity index (χ1n) is 3.61. The Kier molecular flexibility index (Phi) is 3.97. The molecule has 3 heteroatoms. The smallest absolute Gasteiger partial charge is 0.147 e. The van der Waals surface area contributed by atoms with Crippen LogP contribution in [0.15, 0.2) is 0 Å². The van der Waals surface area contributed by atoms with Crippen molar-refractivity contribution in [2.75, 3.05) is 14.1 Å². The molecular weight excluding hydrogens is 142 g/mol. The molecule has 0 heterocycles. The Hall–Kier alpha value is -0.700. The molecule has 11 heavy (non-hydrogen) atoms. The van der Waals surface area contributed by atoms with Gasteiger partial charge in [0.25, 0.3) is 0 Å². The summed E-state index contributed by atoms with van der Waals surface area (Å²) in [4.78, 5) is 23.4. The molecule has 0 rings (SSSR count). The summed E-state index contributed by atoms with van der Waals surface area (Å²) in [6.45, 7) is 3.01. The number of Topliss-reactive ketones (excluding diaryl/α,β-unsaturated/α-hetero) is 2. The minimum atomic E-state index is -0.243. The summed E-state index contributed by atoms with van der Waals surface area (Å²) >= 11 is 0. The third kappa shape index (κ3) is 3.88. The van der Waals surface area contributed by atoms with Gasteiger partial charge in [0.1, 0.15) is 11.6 Å². The SMILES string of the molecule is CC(=O)C[C@@H](C(C)=O)N(C)C. The van der Waals surface area contributed by atoms with Gasteiger partial charge in [-0.3, -0.25) is 14.5 Å². The van der Waals surface area contributed by atoms with Crippen molar-refractivity contribution in [1.29, 1.82) is 0 Å². The lowest BCUT2D eigenvalue weighted by Crippen LogP contribution is -2.35. The van der Waals surface area contributed by atoms with E-state index in [1.165, 1.54) is 13.8 Å². The Morgan fingerprint density at radius 3 is 1.82 bits per heavy atom. The minimum Gasteiger partial charge on any atom is -0.300 e. The van der Waals surface area contributed by atoms with E-state index in [1.807, 2.05) is 0 Å². The molecule has 0 radical (unpaired) electrons. The Morgan fingerprint density at radius 2 is 1.73 bits per heavy atom. The molecule has 1 atom stereocenters. The van der Waals surface area contributed by atoms with E-state index in [4.69, 9.17) is 0 Å². The van der Waals surface area contributed by atoms with E-state index in [-0.39, 0.29) is 17.6 Å². The van der Waals surface area contributed by atoms with Crippen molar-refractivity contribution in [1.82, 2.24) is 4.90 Å². The van der Waals surface area contributed by atoms with Crippen molar-refractivity contribution >= 4 is 11.6 Å². The maximum absolute atomic E-state index is 10.9. The zero-order valence-electron chi connectivity index (χ0n) is 7.55. The van der Waals surface area contributed by atoms with Gasteiger partial charge in [0.15, 0.2) is 0 Å². The van der Waals surface area contributed by atoms with E-state index in [2.05, 4.69) is 0 Å². The van der Waals surface area contributed by atoms with Crippen molar-refractivity contribution < 1.29 is 9.59 Å². The van der Waals surface area contributed by atoms with Crippen molar-refractivity contribution in [3.05, 3.63) is 0 Å². The van der Waals surface area contributed by atoms with Gasteiger partial charge in [-0.05, 0) is 27.9 Å². The molecule has 0 aromatic rings. The molecule has 64 valence electrons. The fraction of sp³-hybridized carbons (Fsp3) is 0.750. The van der Waals surface area contributed by atoms with Gasteiger partial charge in [0.2, 0.25) is 0 Å². The van der Waals surface area contributed by atoms with E-state index in [1.54, 1.807) is 19.0 Å². The first kappa shape index (κ1) is 10.3. The zero-order valence-corrected chi connectivity index (χ0v) is 7.55. The third-order valence-electron chi connectivity index (χ3n) is 1.57. The van der Waals surface area contributed by atoms with Crippen molar-refractivity contribution in [3.8, 4) is 0 Å².